The van der Waals surface area contributed by atoms with E-state index in [0.29, 0.717) is 5.75 Å². The molecule has 7 nitrogen and oxygen atoms in total. The molecule has 1 heterocycles. The summed E-state index contributed by atoms with van der Waals surface area (Å²) >= 11 is 0. The molecule has 0 saturated carbocycles. The second kappa shape index (κ2) is 7.22. The number of nitrogens with zero attached hydrogens (tertiary/aromatic N) is 1. The quantitative estimate of drug-likeness (QED) is 0.670. The number of benzene rings is 2. The number of halogens is 1. The van der Waals surface area contributed by atoms with Gasteiger partial charge in [0, 0.05) is 12.1 Å². The fourth-order valence-corrected chi connectivity index (χ4v) is 2.65. The van der Waals surface area contributed by atoms with Crippen molar-refractivity contribution in [1.82, 2.24) is 14.9 Å². The third kappa shape index (κ3) is 3.49. The van der Waals surface area contributed by atoms with E-state index >= 15 is 0 Å². The standard InChI is InChI=1S/C18H16FN3O4/c1-26-15-5-3-2-4-11(15)9-20-16(23)10-22-14-7-6-12(19)8-13(14)21-17(24)18(22)25/h2-8H,9-10H2,1H3,(H,20,23)(H,21,24). The topological polar surface area (TPSA) is 93.2 Å². The minimum atomic E-state index is -0.916. The second-order valence-electron chi connectivity index (χ2n) is 5.60. The summed E-state index contributed by atoms with van der Waals surface area (Å²) in [5.74, 6) is -0.393. The Kier molecular flexibility index (Phi) is 4.83. The number of nitrogens with one attached hydrogen (secondary N) is 2. The van der Waals surface area contributed by atoms with Crippen LogP contribution in [0.2, 0.25) is 0 Å². The van der Waals surface area contributed by atoms with Gasteiger partial charge in [-0.1, -0.05) is 18.2 Å². The molecule has 8 heteroatoms. The van der Waals surface area contributed by atoms with E-state index in [9.17, 15) is 18.8 Å². The lowest BCUT2D eigenvalue weighted by Gasteiger charge is -2.12. The zero-order valence-electron chi connectivity index (χ0n) is 13.9. The van der Waals surface area contributed by atoms with E-state index in [2.05, 4.69) is 10.3 Å². The van der Waals surface area contributed by atoms with Gasteiger partial charge in [0.1, 0.15) is 18.1 Å². The predicted octanol–water partition coefficient (Wildman–Crippen LogP) is 1.15. The van der Waals surface area contributed by atoms with Crippen LogP contribution in [0.25, 0.3) is 11.0 Å². The number of rotatable bonds is 5. The molecule has 1 aromatic heterocycles. The van der Waals surface area contributed by atoms with Gasteiger partial charge in [0.15, 0.2) is 0 Å². The summed E-state index contributed by atoms with van der Waals surface area (Å²) in [5.41, 5.74) is -0.610. The minimum absolute atomic E-state index is 0.145. The number of carbonyl (C=O) groups excluding carboxylic acids is 1. The van der Waals surface area contributed by atoms with Gasteiger partial charge in [-0.05, 0) is 24.3 Å². The largest absolute Gasteiger partial charge is 0.496 e. The van der Waals surface area contributed by atoms with Gasteiger partial charge < -0.3 is 15.0 Å². The van der Waals surface area contributed by atoms with E-state index in [-0.39, 0.29) is 24.1 Å². The van der Waals surface area contributed by atoms with Crippen LogP contribution in [0.5, 0.6) is 5.75 Å². The molecular weight excluding hydrogens is 341 g/mol. The predicted molar refractivity (Wildman–Crippen MR) is 93.6 cm³/mol. The van der Waals surface area contributed by atoms with Gasteiger partial charge in [-0.2, -0.15) is 0 Å². The SMILES string of the molecule is COc1ccccc1CNC(=O)Cn1c(=O)c(=O)[nH]c2cc(F)ccc21. The molecule has 1 amide bonds. The maximum atomic E-state index is 13.3. The number of ether oxygens (including phenoxy) is 1. The highest BCUT2D eigenvalue weighted by Gasteiger charge is 2.12. The molecule has 0 aliphatic rings. The zero-order chi connectivity index (χ0) is 18.7. The molecule has 0 radical (unpaired) electrons. The highest BCUT2D eigenvalue weighted by Crippen LogP contribution is 2.16. The van der Waals surface area contributed by atoms with Crippen LogP contribution in [0.15, 0.2) is 52.1 Å². The lowest BCUT2D eigenvalue weighted by atomic mass is 10.2. The third-order valence-electron chi connectivity index (χ3n) is 3.91. The fraction of sp³-hybridized carbons (Fsp3) is 0.167. The number of amides is 1. The summed E-state index contributed by atoms with van der Waals surface area (Å²) in [6.07, 6.45) is 0. The molecule has 0 saturated heterocycles. The van der Waals surface area contributed by atoms with Crippen molar-refractivity contribution in [3.8, 4) is 5.75 Å². The van der Waals surface area contributed by atoms with Crippen LogP contribution in [0.4, 0.5) is 4.39 Å². The molecule has 0 aliphatic heterocycles. The maximum Gasteiger partial charge on any atom is 0.317 e. The molecule has 2 aromatic carbocycles. The van der Waals surface area contributed by atoms with E-state index in [1.165, 1.54) is 13.2 Å². The normalized spacial score (nSPS) is 10.7. The Balaban J connectivity index is 1.84. The maximum absolute atomic E-state index is 13.3. The van der Waals surface area contributed by atoms with E-state index in [1.807, 2.05) is 12.1 Å². The van der Waals surface area contributed by atoms with E-state index < -0.39 is 22.8 Å². The number of hydrogen-bond acceptors (Lipinski definition) is 4. The molecule has 0 atom stereocenters. The van der Waals surface area contributed by atoms with Crippen molar-refractivity contribution < 1.29 is 13.9 Å². The smallest absolute Gasteiger partial charge is 0.317 e. The monoisotopic (exact) mass is 357 g/mol. The molecule has 0 bridgehead atoms. The van der Waals surface area contributed by atoms with Crippen LogP contribution in [0.3, 0.4) is 0 Å². The molecule has 3 aromatic rings. The van der Waals surface area contributed by atoms with Gasteiger partial charge in [-0.25, -0.2) is 4.39 Å². The minimum Gasteiger partial charge on any atom is -0.496 e. The molecule has 134 valence electrons. The second-order valence-corrected chi connectivity index (χ2v) is 5.60. The van der Waals surface area contributed by atoms with Crippen molar-refractivity contribution >= 4 is 16.9 Å². The number of carbonyl (C=O) groups is 1. The van der Waals surface area contributed by atoms with Crippen molar-refractivity contribution in [3.05, 3.63) is 74.6 Å². The first-order chi connectivity index (χ1) is 12.5. The first kappa shape index (κ1) is 17.4. The lowest BCUT2D eigenvalue weighted by molar-refractivity contribution is -0.121. The molecule has 0 spiro atoms. The van der Waals surface area contributed by atoms with Crippen LogP contribution < -0.4 is 21.2 Å². The first-order valence-corrected chi connectivity index (χ1v) is 7.80. The third-order valence-corrected chi connectivity index (χ3v) is 3.91. The number of fused-ring (bicyclic) bond motifs is 1. The van der Waals surface area contributed by atoms with Gasteiger partial charge in [0.05, 0.1) is 18.1 Å². The molecule has 0 fully saturated rings. The Morgan fingerprint density at radius 1 is 1.23 bits per heavy atom. The summed E-state index contributed by atoms with van der Waals surface area (Å²) in [6, 6.07) is 10.8. The van der Waals surface area contributed by atoms with Crippen molar-refractivity contribution in [1.29, 1.82) is 0 Å². The van der Waals surface area contributed by atoms with E-state index in [1.54, 1.807) is 12.1 Å². The van der Waals surface area contributed by atoms with Crippen LogP contribution in [0, 0.1) is 5.82 Å². The van der Waals surface area contributed by atoms with Crippen molar-refractivity contribution in [2.75, 3.05) is 7.11 Å². The number of H-pyrrole nitrogens is 1. The van der Waals surface area contributed by atoms with Gasteiger partial charge in [-0.3, -0.25) is 19.0 Å². The van der Waals surface area contributed by atoms with Gasteiger partial charge >= 0.3 is 11.1 Å². The molecule has 26 heavy (non-hydrogen) atoms. The summed E-state index contributed by atoms with van der Waals surface area (Å²) < 4.78 is 19.6. The molecule has 2 N–H and O–H groups in total. The fourth-order valence-electron chi connectivity index (χ4n) is 2.65. The van der Waals surface area contributed by atoms with Crippen LogP contribution in [-0.4, -0.2) is 22.6 Å². The van der Waals surface area contributed by atoms with E-state index in [0.717, 1.165) is 22.3 Å². The van der Waals surface area contributed by atoms with Gasteiger partial charge in [0.25, 0.3) is 0 Å². The Morgan fingerprint density at radius 3 is 2.77 bits per heavy atom. The first-order valence-electron chi connectivity index (χ1n) is 7.80. The summed E-state index contributed by atoms with van der Waals surface area (Å²) in [6.45, 7) is -0.159. The average molecular weight is 357 g/mol. The summed E-state index contributed by atoms with van der Waals surface area (Å²) in [7, 11) is 1.53. The van der Waals surface area contributed by atoms with Crippen LogP contribution in [0.1, 0.15) is 5.56 Å². The Morgan fingerprint density at radius 2 is 2.00 bits per heavy atom. The van der Waals surface area contributed by atoms with Crippen LogP contribution in [-0.2, 0) is 17.9 Å². The van der Waals surface area contributed by atoms with Gasteiger partial charge in [0.2, 0.25) is 5.91 Å². The number of para-hydroxylation sites is 1. The van der Waals surface area contributed by atoms with Crippen molar-refractivity contribution in [3.63, 3.8) is 0 Å². The Hall–Kier alpha value is -3.42. The molecule has 0 aliphatic carbocycles. The molecule has 3 rings (SSSR count). The zero-order valence-corrected chi connectivity index (χ0v) is 13.9. The van der Waals surface area contributed by atoms with Crippen LogP contribution >= 0.6 is 0 Å². The number of aromatic amines is 1. The Labute approximate surface area is 147 Å². The number of aromatic nitrogens is 2. The highest BCUT2D eigenvalue weighted by molar-refractivity contribution is 5.80. The Bertz CT molecular complexity index is 1090. The average Bonchev–Trinajstić information content (AvgIpc) is 2.63. The van der Waals surface area contributed by atoms with Gasteiger partial charge in [-0.15, -0.1) is 0 Å². The van der Waals surface area contributed by atoms with Crippen molar-refractivity contribution in [2.24, 2.45) is 0 Å². The summed E-state index contributed by atoms with van der Waals surface area (Å²) in [4.78, 5) is 38.4. The summed E-state index contributed by atoms with van der Waals surface area (Å²) in [5, 5.41) is 2.68. The number of hydrogen-bond donors (Lipinski definition) is 2. The number of methoxy groups -OCH3 is 1. The highest BCUT2D eigenvalue weighted by atomic mass is 19.1. The molecular formula is C18H16FN3O4. The van der Waals surface area contributed by atoms with E-state index in [4.69, 9.17) is 4.74 Å². The lowest BCUT2D eigenvalue weighted by Crippen LogP contribution is -2.40. The van der Waals surface area contributed by atoms with Crippen molar-refractivity contribution in [2.45, 2.75) is 13.1 Å². The molecule has 0 unspecified atom stereocenters.